The van der Waals surface area contributed by atoms with E-state index < -0.39 is 8.80 Å². The molecule has 0 nitrogen and oxygen atoms in total. The van der Waals surface area contributed by atoms with Crippen molar-refractivity contribution in [2.75, 3.05) is 0 Å². The van der Waals surface area contributed by atoms with Crippen molar-refractivity contribution in [1.29, 1.82) is 0 Å². The van der Waals surface area contributed by atoms with Gasteiger partial charge in [0, 0.05) is 30.1 Å². The highest BCUT2D eigenvalue weighted by Crippen LogP contribution is 2.20. The molecule has 0 saturated carbocycles. The van der Waals surface area contributed by atoms with Gasteiger partial charge in [-0.05, 0) is 52.0 Å². The van der Waals surface area contributed by atoms with E-state index in [0.717, 1.165) is 15.6 Å². The van der Waals surface area contributed by atoms with Gasteiger partial charge in [-0.1, -0.05) is 87.8 Å². The minimum absolute atomic E-state index is 0.575. The predicted molar refractivity (Wildman–Crippen MR) is 115 cm³/mol. The number of halogens is 6. The molecule has 0 aliphatic heterocycles. The molecule has 25 heavy (non-hydrogen) atoms. The molecule has 0 heterocycles. The molecule has 0 fully saturated rings. The van der Waals surface area contributed by atoms with Gasteiger partial charge in [-0.2, -0.15) is 0 Å². The fraction of sp³-hybridized carbons (Fsp3) is 0. The molecule has 128 valence electrons. The van der Waals surface area contributed by atoms with Crippen molar-refractivity contribution >= 4 is 94.0 Å². The van der Waals surface area contributed by atoms with Crippen LogP contribution in [0.4, 0.5) is 0 Å². The zero-order valence-corrected chi connectivity index (χ0v) is 18.2. The minimum atomic E-state index is -2.06. The van der Waals surface area contributed by atoms with Crippen LogP contribution in [0, 0.1) is 0 Å². The molecule has 0 aliphatic rings. The van der Waals surface area contributed by atoms with Gasteiger partial charge in [-0.25, -0.2) is 0 Å². The SMILES string of the molecule is Clc1ccc([SiH](c2ccc(Cl)cc2Cl)c2ccc(Cl)cc2Cl)c(Cl)c1. The summed E-state index contributed by atoms with van der Waals surface area (Å²) in [5, 5.41) is 6.39. The molecule has 0 N–H and O–H groups in total. The summed E-state index contributed by atoms with van der Waals surface area (Å²) >= 11 is 37.7. The van der Waals surface area contributed by atoms with Gasteiger partial charge in [0.05, 0.1) is 0 Å². The third-order valence-corrected chi connectivity index (χ3v) is 9.43. The summed E-state index contributed by atoms with van der Waals surface area (Å²) in [6, 6.07) is 16.4. The Kier molecular flexibility index (Phi) is 6.28. The second-order valence-corrected chi connectivity index (χ2v) is 10.7. The van der Waals surface area contributed by atoms with Crippen LogP contribution in [0.3, 0.4) is 0 Å². The van der Waals surface area contributed by atoms with E-state index in [4.69, 9.17) is 69.6 Å². The van der Waals surface area contributed by atoms with Crippen LogP contribution in [-0.2, 0) is 0 Å². The molecule has 0 amide bonds. The summed E-state index contributed by atoms with van der Waals surface area (Å²) < 4.78 is 0. The molecule has 3 aromatic rings. The van der Waals surface area contributed by atoms with Crippen molar-refractivity contribution in [3.05, 3.63) is 84.7 Å². The molecule has 0 bridgehead atoms. The van der Waals surface area contributed by atoms with Crippen molar-refractivity contribution in [3.8, 4) is 0 Å². The number of benzene rings is 3. The van der Waals surface area contributed by atoms with Gasteiger partial charge in [0.15, 0.2) is 0 Å². The van der Waals surface area contributed by atoms with Crippen LogP contribution in [0.25, 0.3) is 0 Å². The number of rotatable bonds is 3. The van der Waals surface area contributed by atoms with Crippen LogP contribution < -0.4 is 15.6 Å². The average Bonchev–Trinajstić information content (AvgIpc) is 2.52. The van der Waals surface area contributed by atoms with Gasteiger partial charge in [-0.15, -0.1) is 0 Å². The highest BCUT2D eigenvalue weighted by atomic mass is 35.5. The molecule has 0 aliphatic carbocycles. The molecule has 0 atom stereocenters. The molecular weight excluding hydrogens is 457 g/mol. The topological polar surface area (TPSA) is 0 Å². The Hall–Kier alpha value is -0.383. The van der Waals surface area contributed by atoms with Gasteiger partial charge >= 0.3 is 0 Å². The van der Waals surface area contributed by atoms with Gasteiger partial charge in [-0.3, -0.25) is 0 Å². The summed E-state index contributed by atoms with van der Waals surface area (Å²) in [5.74, 6) is 0. The highest BCUT2D eigenvalue weighted by Gasteiger charge is 2.26. The molecule has 3 aromatic carbocycles. The van der Waals surface area contributed by atoms with E-state index in [-0.39, 0.29) is 0 Å². The number of hydrogen-bond acceptors (Lipinski definition) is 0. The summed E-state index contributed by atoms with van der Waals surface area (Å²) in [4.78, 5) is 0. The first-order chi connectivity index (χ1) is 11.9. The Bertz CT molecular complexity index is 818. The molecule has 0 radical (unpaired) electrons. The Morgan fingerprint density at radius 1 is 0.440 bits per heavy atom. The Labute approximate surface area is 177 Å². The van der Waals surface area contributed by atoms with Crippen molar-refractivity contribution in [1.82, 2.24) is 0 Å². The third-order valence-electron chi connectivity index (χ3n) is 3.82. The maximum absolute atomic E-state index is 6.50. The van der Waals surface area contributed by atoms with Crippen LogP contribution in [-0.4, -0.2) is 8.80 Å². The Morgan fingerprint density at radius 3 is 0.960 bits per heavy atom. The van der Waals surface area contributed by atoms with E-state index in [9.17, 15) is 0 Å². The second-order valence-electron chi connectivity index (χ2n) is 5.43. The Morgan fingerprint density at radius 2 is 0.720 bits per heavy atom. The van der Waals surface area contributed by atoms with Crippen molar-refractivity contribution in [2.24, 2.45) is 0 Å². The first-order valence-electron chi connectivity index (χ1n) is 7.21. The van der Waals surface area contributed by atoms with E-state index in [0.29, 0.717) is 30.1 Å². The fourth-order valence-corrected chi connectivity index (χ4v) is 7.87. The first kappa shape index (κ1) is 19.4. The highest BCUT2D eigenvalue weighted by molar-refractivity contribution is 6.98. The third kappa shape index (κ3) is 4.31. The molecule has 0 aromatic heterocycles. The van der Waals surface area contributed by atoms with Crippen molar-refractivity contribution < 1.29 is 0 Å². The summed E-state index contributed by atoms with van der Waals surface area (Å²) in [7, 11) is -2.06. The van der Waals surface area contributed by atoms with Crippen LogP contribution in [0.15, 0.2) is 54.6 Å². The lowest BCUT2D eigenvalue weighted by Crippen LogP contribution is -2.53. The summed E-state index contributed by atoms with van der Waals surface area (Å²) in [6.07, 6.45) is 0. The molecule has 3 rings (SSSR count). The lowest BCUT2D eigenvalue weighted by molar-refractivity contribution is 1.70. The van der Waals surface area contributed by atoms with Crippen LogP contribution in [0.2, 0.25) is 30.1 Å². The van der Waals surface area contributed by atoms with E-state index in [2.05, 4.69) is 0 Å². The largest absolute Gasteiger partial charge is 0.138 e. The monoisotopic (exact) mass is 464 g/mol. The van der Waals surface area contributed by atoms with E-state index in [1.807, 2.05) is 36.4 Å². The summed E-state index contributed by atoms with van der Waals surface area (Å²) in [6.45, 7) is 0. The fourth-order valence-electron chi connectivity index (χ4n) is 2.71. The molecule has 0 spiro atoms. The zero-order valence-electron chi connectivity index (χ0n) is 12.5. The van der Waals surface area contributed by atoms with Gasteiger partial charge in [0.2, 0.25) is 0 Å². The lowest BCUT2D eigenvalue weighted by atomic mass is 10.3. The van der Waals surface area contributed by atoms with Crippen LogP contribution >= 0.6 is 69.6 Å². The van der Waals surface area contributed by atoms with Crippen LogP contribution in [0.5, 0.6) is 0 Å². The van der Waals surface area contributed by atoms with Crippen LogP contribution in [0.1, 0.15) is 0 Å². The predicted octanol–water partition coefficient (Wildman–Crippen LogP) is 5.86. The van der Waals surface area contributed by atoms with Crippen molar-refractivity contribution in [3.63, 3.8) is 0 Å². The molecule has 0 unspecified atom stereocenters. The summed E-state index contributed by atoms with van der Waals surface area (Å²) in [5.41, 5.74) is 0. The lowest BCUT2D eigenvalue weighted by Gasteiger charge is -2.21. The van der Waals surface area contributed by atoms with Gasteiger partial charge in [0.25, 0.3) is 0 Å². The minimum Gasteiger partial charge on any atom is -0.0844 e. The number of hydrogen-bond donors (Lipinski definition) is 0. The first-order valence-corrected chi connectivity index (χ1v) is 11.2. The standard InChI is InChI=1S/C18H10Cl6Si/c19-10-1-4-16(13(22)7-10)25(17-5-2-11(20)8-14(17)23)18-6-3-12(21)9-15(18)24/h1-9,25H. The maximum Gasteiger partial charge on any atom is 0.138 e. The molecule has 0 saturated heterocycles. The van der Waals surface area contributed by atoms with Gasteiger partial charge < -0.3 is 0 Å². The smallest absolute Gasteiger partial charge is 0.0844 e. The zero-order chi connectivity index (χ0) is 18.1. The normalized spacial score (nSPS) is 11.2. The van der Waals surface area contributed by atoms with E-state index in [1.165, 1.54) is 0 Å². The Balaban J connectivity index is 2.27. The molecule has 7 heteroatoms. The van der Waals surface area contributed by atoms with E-state index in [1.54, 1.807) is 18.2 Å². The molecular formula is C18H10Cl6Si. The quantitative estimate of drug-likeness (QED) is 0.335. The second kappa shape index (κ2) is 8.10. The maximum atomic E-state index is 6.50. The average molecular weight is 467 g/mol. The van der Waals surface area contributed by atoms with Gasteiger partial charge in [0.1, 0.15) is 8.80 Å². The van der Waals surface area contributed by atoms with Crippen molar-refractivity contribution in [2.45, 2.75) is 0 Å². The van der Waals surface area contributed by atoms with E-state index >= 15 is 0 Å².